The summed E-state index contributed by atoms with van der Waals surface area (Å²) in [6.45, 7) is 0.509. The van der Waals surface area contributed by atoms with E-state index in [1.807, 2.05) is 12.3 Å². The Bertz CT molecular complexity index is 661. The standard InChI is InChI=1S/C16H14ClNO2S/c1-3-8-18(11-12-5-4-9-20-12)16(19)14-10-13(21-2)6-7-15(14)17/h1,4-7,9-10H,8,11H2,2H3. The Hall–Kier alpha value is -1.83. The van der Waals surface area contributed by atoms with Crippen LogP contribution in [0.25, 0.3) is 0 Å². The fourth-order valence-electron chi connectivity index (χ4n) is 1.87. The summed E-state index contributed by atoms with van der Waals surface area (Å²) in [5, 5.41) is 0.416. The fraction of sp³-hybridized carbons (Fsp3) is 0.188. The Morgan fingerprint density at radius 3 is 2.90 bits per heavy atom. The number of rotatable bonds is 5. The maximum absolute atomic E-state index is 12.6. The van der Waals surface area contributed by atoms with E-state index in [1.54, 1.807) is 42.3 Å². The second kappa shape index (κ2) is 7.26. The van der Waals surface area contributed by atoms with Crippen molar-refractivity contribution in [3.05, 3.63) is 52.9 Å². The van der Waals surface area contributed by atoms with Gasteiger partial charge in [-0.1, -0.05) is 17.5 Å². The molecule has 0 spiro atoms. The van der Waals surface area contributed by atoms with Crippen molar-refractivity contribution < 1.29 is 9.21 Å². The van der Waals surface area contributed by atoms with Crippen LogP contribution in [0.4, 0.5) is 0 Å². The van der Waals surface area contributed by atoms with Gasteiger partial charge in [-0.15, -0.1) is 18.2 Å². The van der Waals surface area contributed by atoms with Crippen LogP contribution >= 0.6 is 23.4 Å². The van der Waals surface area contributed by atoms with E-state index < -0.39 is 0 Å². The first kappa shape index (κ1) is 15.6. The molecule has 5 heteroatoms. The number of carbonyl (C=O) groups is 1. The van der Waals surface area contributed by atoms with Gasteiger partial charge < -0.3 is 9.32 Å². The zero-order chi connectivity index (χ0) is 15.2. The van der Waals surface area contributed by atoms with Gasteiger partial charge in [-0.3, -0.25) is 4.79 Å². The molecule has 0 radical (unpaired) electrons. The molecule has 0 unspecified atom stereocenters. The number of halogens is 1. The molecular formula is C16H14ClNO2S. The topological polar surface area (TPSA) is 33.5 Å². The number of amides is 1. The lowest BCUT2D eigenvalue weighted by atomic mass is 10.2. The largest absolute Gasteiger partial charge is 0.467 e. The van der Waals surface area contributed by atoms with Gasteiger partial charge >= 0.3 is 0 Å². The minimum Gasteiger partial charge on any atom is -0.467 e. The molecule has 0 fully saturated rings. The van der Waals surface area contributed by atoms with E-state index in [1.165, 1.54) is 4.90 Å². The minimum absolute atomic E-state index is 0.194. The van der Waals surface area contributed by atoms with Crippen LogP contribution in [0.1, 0.15) is 16.1 Å². The Kier molecular flexibility index (Phi) is 5.38. The fourth-order valence-corrected chi connectivity index (χ4v) is 2.50. The summed E-state index contributed by atoms with van der Waals surface area (Å²) >= 11 is 7.69. The van der Waals surface area contributed by atoms with E-state index in [4.69, 9.17) is 22.4 Å². The summed E-state index contributed by atoms with van der Waals surface area (Å²) in [4.78, 5) is 15.2. The second-order valence-electron chi connectivity index (χ2n) is 4.29. The first-order valence-electron chi connectivity index (χ1n) is 6.24. The molecule has 2 rings (SSSR count). The summed E-state index contributed by atoms with van der Waals surface area (Å²) in [7, 11) is 0. The molecule has 108 valence electrons. The Morgan fingerprint density at radius 2 is 2.29 bits per heavy atom. The van der Waals surface area contributed by atoms with E-state index in [9.17, 15) is 4.79 Å². The molecule has 21 heavy (non-hydrogen) atoms. The SMILES string of the molecule is C#CCN(Cc1ccco1)C(=O)c1cc(SC)ccc1Cl. The monoisotopic (exact) mass is 319 g/mol. The van der Waals surface area contributed by atoms with Crippen molar-refractivity contribution in [3.8, 4) is 12.3 Å². The first-order chi connectivity index (χ1) is 10.2. The van der Waals surface area contributed by atoms with Gasteiger partial charge in [0.1, 0.15) is 5.76 Å². The molecule has 0 bridgehead atoms. The third kappa shape index (κ3) is 3.84. The van der Waals surface area contributed by atoms with Crippen LogP contribution in [0.2, 0.25) is 5.02 Å². The van der Waals surface area contributed by atoms with Crippen molar-refractivity contribution in [2.24, 2.45) is 0 Å². The number of hydrogen-bond acceptors (Lipinski definition) is 3. The zero-order valence-corrected chi connectivity index (χ0v) is 13.1. The zero-order valence-electron chi connectivity index (χ0n) is 11.5. The van der Waals surface area contributed by atoms with Gasteiger partial charge in [0.25, 0.3) is 5.91 Å². The number of furan rings is 1. The van der Waals surface area contributed by atoms with E-state index in [-0.39, 0.29) is 12.5 Å². The minimum atomic E-state index is -0.203. The molecule has 0 aliphatic rings. The van der Waals surface area contributed by atoms with Gasteiger partial charge in [0, 0.05) is 4.90 Å². The average molecular weight is 320 g/mol. The van der Waals surface area contributed by atoms with Gasteiger partial charge in [-0.25, -0.2) is 0 Å². The van der Waals surface area contributed by atoms with Crippen molar-refractivity contribution >= 4 is 29.3 Å². The highest BCUT2D eigenvalue weighted by Crippen LogP contribution is 2.24. The van der Waals surface area contributed by atoms with Crippen LogP contribution < -0.4 is 0 Å². The summed E-state index contributed by atoms with van der Waals surface area (Å²) in [5.74, 6) is 2.97. The average Bonchev–Trinajstić information content (AvgIpc) is 3.00. The number of nitrogens with zero attached hydrogens (tertiary/aromatic N) is 1. The highest BCUT2D eigenvalue weighted by molar-refractivity contribution is 7.98. The van der Waals surface area contributed by atoms with Gasteiger partial charge in [-0.2, -0.15) is 0 Å². The predicted octanol–water partition coefficient (Wildman–Crippen LogP) is 3.93. The van der Waals surface area contributed by atoms with Crippen LogP contribution in [-0.2, 0) is 6.54 Å². The molecule has 1 aromatic heterocycles. The highest BCUT2D eigenvalue weighted by Gasteiger charge is 2.19. The molecule has 0 atom stereocenters. The quantitative estimate of drug-likeness (QED) is 0.618. The van der Waals surface area contributed by atoms with E-state index in [2.05, 4.69) is 5.92 Å². The number of thioether (sulfide) groups is 1. The number of hydrogen-bond donors (Lipinski definition) is 0. The van der Waals surface area contributed by atoms with Gasteiger partial charge in [0.15, 0.2) is 0 Å². The molecule has 1 amide bonds. The van der Waals surface area contributed by atoms with Crippen molar-refractivity contribution in [2.75, 3.05) is 12.8 Å². The molecule has 1 heterocycles. The van der Waals surface area contributed by atoms with Crippen LogP contribution in [0.5, 0.6) is 0 Å². The number of terminal acetylenes is 1. The molecule has 0 aliphatic heterocycles. The summed E-state index contributed by atoms with van der Waals surface area (Å²) in [6, 6.07) is 8.95. The van der Waals surface area contributed by atoms with Gasteiger partial charge in [0.2, 0.25) is 0 Å². The van der Waals surface area contributed by atoms with E-state index in [0.29, 0.717) is 22.9 Å². The maximum atomic E-state index is 12.6. The van der Waals surface area contributed by atoms with E-state index >= 15 is 0 Å². The van der Waals surface area contributed by atoms with Crippen LogP contribution in [0, 0.1) is 12.3 Å². The third-order valence-electron chi connectivity index (χ3n) is 2.90. The van der Waals surface area contributed by atoms with Crippen LogP contribution in [-0.4, -0.2) is 23.6 Å². The predicted molar refractivity (Wildman–Crippen MR) is 85.5 cm³/mol. The Labute approximate surface area is 133 Å². The lowest BCUT2D eigenvalue weighted by Crippen LogP contribution is -2.31. The summed E-state index contributed by atoms with van der Waals surface area (Å²) < 4.78 is 5.27. The van der Waals surface area contributed by atoms with Crippen molar-refractivity contribution in [3.63, 3.8) is 0 Å². The smallest absolute Gasteiger partial charge is 0.256 e. The summed E-state index contributed by atoms with van der Waals surface area (Å²) in [6.07, 6.45) is 8.87. The third-order valence-corrected chi connectivity index (χ3v) is 3.96. The molecule has 0 saturated carbocycles. The molecule has 2 aromatic rings. The van der Waals surface area contributed by atoms with E-state index in [0.717, 1.165) is 4.90 Å². The molecule has 0 saturated heterocycles. The van der Waals surface area contributed by atoms with Crippen molar-refractivity contribution in [1.82, 2.24) is 4.90 Å². The number of benzene rings is 1. The molecule has 0 N–H and O–H groups in total. The normalized spacial score (nSPS) is 10.1. The Morgan fingerprint density at radius 1 is 1.48 bits per heavy atom. The lowest BCUT2D eigenvalue weighted by molar-refractivity contribution is 0.0755. The van der Waals surface area contributed by atoms with Gasteiger partial charge in [0.05, 0.1) is 29.9 Å². The van der Waals surface area contributed by atoms with Crippen LogP contribution in [0.3, 0.4) is 0 Å². The molecule has 1 aromatic carbocycles. The lowest BCUT2D eigenvalue weighted by Gasteiger charge is -2.20. The van der Waals surface area contributed by atoms with Crippen LogP contribution in [0.15, 0.2) is 45.9 Å². The first-order valence-corrected chi connectivity index (χ1v) is 7.84. The van der Waals surface area contributed by atoms with Crippen molar-refractivity contribution in [1.29, 1.82) is 0 Å². The Balaban J connectivity index is 2.28. The molecule has 3 nitrogen and oxygen atoms in total. The molecule has 0 aliphatic carbocycles. The van der Waals surface area contributed by atoms with Crippen molar-refractivity contribution in [2.45, 2.75) is 11.4 Å². The maximum Gasteiger partial charge on any atom is 0.256 e. The number of carbonyl (C=O) groups excluding carboxylic acids is 1. The highest BCUT2D eigenvalue weighted by atomic mass is 35.5. The molecular weight excluding hydrogens is 306 g/mol. The summed E-state index contributed by atoms with van der Waals surface area (Å²) in [5.41, 5.74) is 0.449. The second-order valence-corrected chi connectivity index (χ2v) is 5.58. The van der Waals surface area contributed by atoms with Gasteiger partial charge in [-0.05, 0) is 36.6 Å².